The second-order valence-electron chi connectivity index (χ2n) is 5.15. The van der Waals surface area contributed by atoms with E-state index in [2.05, 4.69) is 5.32 Å². The average Bonchev–Trinajstić information content (AvgIpc) is 2.49. The summed E-state index contributed by atoms with van der Waals surface area (Å²) in [6, 6.07) is 7.40. The Kier molecular flexibility index (Phi) is 5.64. The number of ether oxygens (including phenoxy) is 1. The third-order valence-corrected chi connectivity index (χ3v) is 3.77. The van der Waals surface area contributed by atoms with Gasteiger partial charge in [-0.2, -0.15) is 0 Å². The quantitative estimate of drug-likeness (QED) is 0.620. The Bertz CT molecular complexity index is 786. The van der Waals surface area contributed by atoms with Gasteiger partial charge in [-0.1, -0.05) is 29.3 Å². The molecule has 24 heavy (non-hydrogen) atoms. The van der Waals surface area contributed by atoms with E-state index in [1.807, 2.05) is 19.9 Å². The lowest BCUT2D eigenvalue weighted by Crippen LogP contribution is -2.21. The second kappa shape index (κ2) is 7.51. The zero-order valence-electron chi connectivity index (χ0n) is 12.9. The lowest BCUT2D eigenvalue weighted by Gasteiger charge is -2.12. The van der Waals surface area contributed by atoms with Gasteiger partial charge >= 0.3 is 0 Å². The molecule has 0 saturated heterocycles. The zero-order chi connectivity index (χ0) is 17.9. The maximum absolute atomic E-state index is 12.0. The Morgan fingerprint density at radius 1 is 1.21 bits per heavy atom. The normalized spacial score (nSPS) is 10.3. The monoisotopic (exact) mass is 368 g/mol. The molecule has 8 heteroatoms. The van der Waals surface area contributed by atoms with Crippen molar-refractivity contribution in [2.45, 2.75) is 13.8 Å². The molecule has 0 spiro atoms. The molecular weight excluding hydrogens is 355 g/mol. The molecule has 0 heterocycles. The van der Waals surface area contributed by atoms with E-state index in [1.54, 1.807) is 6.07 Å². The number of nitro groups is 1. The SMILES string of the molecule is Cc1cc(C)c(NC(=O)COc2ccc([N+](=O)[O-])cc2Cl)c(Cl)c1. The number of halogens is 2. The van der Waals surface area contributed by atoms with Gasteiger partial charge in [-0.3, -0.25) is 14.9 Å². The molecule has 0 radical (unpaired) electrons. The summed E-state index contributed by atoms with van der Waals surface area (Å²) in [5.74, 6) is -0.234. The zero-order valence-corrected chi connectivity index (χ0v) is 14.4. The molecule has 0 aliphatic carbocycles. The van der Waals surface area contributed by atoms with Crippen molar-refractivity contribution in [1.82, 2.24) is 0 Å². The van der Waals surface area contributed by atoms with Gasteiger partial charge < -0.3 is 10.1 Å². The minimum absolute atomic E-state index is 0.0570. The average molecular weight is 369 g/mol. The Balaban J connectivity index is 2.03. The highest BCUT2D eigenvalue weighted by molar-refractivity contribution is 6.34. The standard InChI is InChI=1S/C16H14Cl2N2O4/c1-9-5-10(2)16(13(18)6-9)19-15(21)8-24-14-4-3-11(20(22)23)7-12(14)17/h3-7H,8H2,1-2H3,(H,19,21). The summed E-state index contributed by atoms with van der Waals surface area (Å²) in [5, 5.41) is 13.8. The van der Waals surface area contributed by atoms with Gasteiger partial charge in [-0.05, 0) is 37.1 Å². The fourth-order valence-electron chi connectivity index (χ4n) is 2.11. The van der Waals surface area contributed by atoms with Crippen LogP contribution in [0.3, 0.4) is 0 Å². The van der Waals surface area contributed by atoms with Crippen LogP contribution >= 0.6 is 23.2 Å². The minimum atomic E-state index is -0.565. The molecule has 0 unspecified atom stereocenters. The molecule has 0 aliphatic rings. The van der Waals surface area contributed by atoms with E-state index in [1.165, 1.54) is 12.1 Å². The highest BCUT2D eigenvalue weighted by atomic mass is 35.5. The van der Waals surface area contributed by atoms with Crippen LogP contribution in [0.1, 0.15) is 11.1 Å². The number of carbonyl (C=O) groups excluding carboxylic acids is 1. The molecule has 0 atom stereocenters. The van der Waals surface area contributed by atoms with Crippen LogP contribution in [-0.4, -0.2) is 17.4 Å². The number of nitro benzene ring substituents is 1. The van der Waals surface area contributed by atoms with E-state index in [0.717, 1.165) is 17.2 Å². The number of nitrogens with one attached hydrogen (secondary N) is 1. The van der Waals surface area contributed by atoms with Crippen molar-refractivity contribution in [3.63, 3.8) is 0 Å². The van der Waals surface area contributed by atoms with Crippen molar-refractivity contribution in [2.24, 2.45) is 0 Å². The third-order valence-electron chi connectivity index (χ3n) is 3.18. The summed E-state index contributed by atoms with van der Waals surface area (Å²) in [7, 11) is 0. The van der Waals surface area contributed by atoms with Crippen molar-refractivity contribution in [1.29, 1.82) is 0 Å². The highest BCUT2D eigenvalue weighted by Crippen LogP contribution is 2.29. The molecule has 126 valence electrons. The maximum Gasteiger partial charge on any atom is 0.271 e. The first-order valence-corrected chi connectivity index (χ1v) is 7.67. The Morgan fingerprint density at radius 3 is 2.50 bits per heavy atom. The highest BCUT2D eigenvalue weighted by Gasteiger charge is 2.13. The summed E-state index contributed by atoms with van der Waals surface area (Å²) in [6.07, 6.45) is 0. The molecule has 2 rings (SSSR count). The van der Waals surface area contributed by atoms with Crippen LogP contribution in [0.4, 0.5) is 11.4 Å². The predicted molar refractivity (Wildman–Crippen MR) is 93.2 cm³/mol. The molecule has 0 saturated carbocycles. The van der Waals surface area contributed by atoms with Crippen LogP contribution in [0.15, 0.2) is 30.3 Å². The van der Waals surface area contributed by atoms with Crippen molar-refractivity contribution in [3.8, 4) is 5.75 Å². The molecule has 1 amide bonds. The van der Waals surface area contributed by atoms with Gasteiger partial charge in [0, 0.05) is 12.1 Å². The molecule has 0 aromatic heterocycles. The Hall–Kier alpha value is -2.31. The van der Waals surface area contributed by atoms with Gasteiger partial charge in [-0.15, -0.1) is 0 Å². The molecule has 2 aromatic rings. The molecule has 1 N–H and O–H groups in total. The molecule has 6 nitrogen and oxygen atoms in total. The summed E-state index contributed by atoms with van der Waals surface area (Å²) in [6.45, 7) is 3.44. The largest absolute Gasteiger partial charge is 0.482 e. The van der Waals surface area contributed by atoms with Crippen molar-refractivity contribution < 1.29 is 14.5 Å². The number of benzene rings is 2. The summed E-state index contributed by atoms with van der Waals surface area (Å²) in [5.41, 5.74) is 2.19. The van der Waals surface area contributed by atoms with E-state index in [0.29, 0.717) is 10.7 Å². The topological polar surface area (TPSA) is 81.5 Å². The maximum atomic E-state index is 12.0. The van der Waals surface area contributed by atoms with E-state index in [4.69, 9.17) is 27.9 Å². The van der Waals surface area contributed by atoms with E-state index in [9.17, 15) is 14.9 Å². The molecule has 2 aromatic carbocycles. The van der Waals surface area contributed by atoms with Crippen LogP contribution in [0.2, 0.25) is 10.0 Å². The number of nitrogens with zero attached hydrogens (tertiary/aromatic N) is 1. The molecule has 0 bridgehead atoms. The van der Waals surface area contributed by atoms with Gasteiger partial charge in [0.1, 0.15) is 5.75 Å². The number of amides is 1. The van der Waals surface area contributed by atoms with E-state index < -0.39 is 10.8 Å². The van der Waals surface area contributed by atoms with Crippen molar-refractivity contribution in [3.05, 3.63) is 61.6 Å². The van der Waals surface area contributed by atoms with E-state index in [-0.39, 0.29) is 23.1 Å². The number of non-ortho nitro benzene ring substituents is 1. The minimum Gasteiger partial charge on any atom is -0.482 e. The first-order chi connectivity index (χ1) is 11.3. The predicted octanol–water partition coefficient (Wildman–Crippen LogP) is 4.54. The number of carbonyl (C=O) groups is 1. The third kappa shape index (κ3) is 4.37. The number of hydrogen-bond donors (Lipinski definition) is 1. The first kappa shape index (κ1) is 18.0. The van der Waals surface area contributed by atoms with Crippen LogP contribution in [0, 0.1) is 24.0 Å². The summed E-state index contributed by atoms with van der Waals surface area (Å²) >= 11 is 12.0. The Morgan fingerprint density at radius 2 is 1.92 bits per heavy atom. The van der Waals surface area contributed by atoms with Crippen LogP contribution in [-0.2, 0) is 4.79 Å². The van der Waals surface area contributed by atoms with Gasteiger partial charge in [-0.25, -0.2) is 0 Å². The molecule has 0 aliphatic heterocycles. The fourth-order valence-corrected chi connectivity index (χ4v) is 2.71. The number of aryl methyl sites for hydroxylation is 2. The Labute approximate surface area is 148 Å². The number of hydrogen-bond acceptors (Lipinski definition) is 4. The number of anilines is 1. The van der Waals surface area contributed by atoms with Gasteiger partial charge in [0.2, 0.25) is 0 Å². The smallest absolute Gasteiger partial charge is 0.271 e. The number of rotatable bonds is 5. The van der Waals surface area contributed by atoms with Crippen LogP contribution in [0.25, 0.3) is 0 Å². The van der Waals surface area contributed by atoms with Gasteiger partial charge in [0.05, 0.1) is 20.7 Å². The van der Waals surface area contributed by atoms with Gasteiger partial charge in [0.15, 0.2) is 6.61 Å². The van der Waals surface area contributed by atoms with Crippen LogP contribution in [0.5, 0.6) is 5.75 Å². The first-order valence-electron chi connectivity index (χ1n) is 6.91. The van der Waals surface area contributed by atoms with E-state index >= 15 is 0 Å². The second-order valence-corrected chi connectivity index (χ2v) is 5.96. The molecular formula is C16H14Cl2N2O4. The summed E-state index contributed by atoms with van der Waals surface area (Å²) in [4.78, 5) is 22.1. The lowest BCUT2D eigenvalue weighted by atomic mass is 10.1. The van der Waals surface area contributed by atoms with Gasteiger partial charge in [0.25, 0.3) is 11.6 Å². The molecule has 0 fully saturated rings. The lowest BCUT2D eigenvalue weighted by molar-refractivity contribution is -0.384. The van der Waals surface area contributed by atoms with Crippen molar-refractivity contribution >= 4 is 40.5 Å². The summed E-state index contributed by atoms with van der Waals surface area (Å²) < 4.78 is 5.30. The fraction of sp³-hybridized carbons (Fsp3) is 0.188. The van der Waals surface area contributed by atoms with Crippen LogP contribution < -0.4 is 10.1 Å². The van der Waals surface area contributed by atoms with Crippen molar-refractivity contribution in [2.75, 3.05) is 11.9 Å².